The molecule has 2 aromatic heterocycles. The van der Waals surface area contributed by atoms with E-state index in [1.807, 2.05) is 12.3 Å². The average molecular weight is 233 g/mol. The van der Waals surface area contributed by atoms with Crippen LogP contribution in [0, 0.1) is 0 Å². The normalized spacial score (nSPS) is 11.0. The van der Waals surface area contributed by atoms with Crippen molar-refractivity contribution in [3.05, 3.63) is 46.2 Å². The van der Waals surface area contributed by atoms with E-state index in [2.05, 4.69) is 21.2 Å². The summed E-state index contributed by atoms with van der Waals surface area (Å²) in [5.74, 6) is 0. The van der Waals surface area contributed by atoms with Gasteiger partial charge in [0.05, 0.1) is 16.1 Å². The zero-order valence-electron chi connectivity index (χ0n) is 8.58. The van der Waals surface area contributed by atoms with Gasteiger partial charge in [-0.3, -0.25) is 4.98 Å². The minimum atomic E-state index is 0.865. The first-order chi connectivity index (χ1) is 7.88. The van der Waals surface area contributed by atoms with Crippen molar-refractivity contribution in [2.45, 2.75) is 12.8 Å². The molecule has 0 aromatic carbocycles. The van der Waals surface area contributed by atoms with Gasteiger partial charge >= 0.3 is 0 Å². The predicted molar refractivity (Wildman–Crippen MR) is 63.1 cm³/mol. The molecule has 0 unspecified atom stereocenters. The van der Waals surface area contributed by atoms with Gasteiger partial charge in [-0.2, -0.15) is 0 Å². The number of oxime groups is 1. The quantitative estimate of drug-likeness (QED) is 0.500. The Bertz CT molecular complexity index is 467. The van der Waals surface area contributed by atoms with Gasteiger partial charge in [0.15, 0.2) is 0 Å². The van der Waals surface area contributed by atoms with E-state index in [1.165, 1.54) is 23.1 Å². The Morgan fingerprint density at radius 3 is 3.06 bits per heavy atom. The largest absolute Gasteiger partial charge is 0.411 e. The molecule has 2 aromatic rings. The first-order valence-electron chi connectivity index (χ1n) is 4.89. The fourth-order valence-corrected chi connectivity index (χ4v) is 2.14. The highest BCUT2D eigenvalue weighted by molar-refractivity contribution is 7.13. The van der Waals surface area contributed by atoms with Crippen LogP contribution in [0.5, 0.6) is 0 Å². The number of hydrogen-bond acceptors (Lipinski definition) is 5. The van der Waals surface area contributed by atoms with Gasteiger partial charge in [0.1, 0.15) is 0 Å². The van der Waals surface area contributed by atoms with E-state index in [-0.39, 0.29) is 0 Å². The maximum atomic E-state index is 8.38. The number of nitrogens with zero attached hydrogens (tertiary/aromatic N) is 3. The Morgan fingerprint density at radius 2 is 2.31 bits per heavy atom. The molecule has 0 saturated carbocycles. The maximum Gasteiger partial charge on any atom is 0.0935 e. The molecule has 82 valence electrons. The molecule has 0 amide bonds. The Morgan fingerprint density at radius 1 is 1.38 bits per heavy atom. The summed E-state index contributed by atoms with van der Waals surface area (Å²) in [6.07, 6.45) is 8.55. The van der Waals surface area contributed by atoms with Crippen LogP contribution >= 0.6 is 11.3 Å². The van der Waals surface area contributed by atoms with Gasteiger partial charge in [0.2, 0.25) is 0 Å². The molecule has 0 aliphatic carbocycles. The maximum absolute atomic E-state index is 8.38. The van der Waals surface area contributed by atoms with Crippen LogP contribution in [-0.4, -0.2) is 21.4 Å². The van der Waals surface area contributed by atoms with Gasteiger partial charge in [-0.1, -0.05) is 11.2 Å². The summed E-state index contributed by atoms with van der Waals surface area (Å²) < 4.78 is 0. The molecule has 0 aliphatic rings. The molecule has 1 N–H and O–H groups in total. The second kappa shape index (κ2) is 5.37. The molecule has 0 spiro atoms. The fourth-order valence-electron chi connectivity index (χ4n) is 1.35. The third-order valence-corrected chi connectivity index (χ3v) is 3.10. The second-order valence-corrected chi connectivity index (χ2v) is 4.41. The molecule has 0 bridgehead atoms. The van der Waals surface area contributed by atoms with E-state index in [0.29, 0.717) is 0 Å². The van der Waals surface area contributed by atoms with Crippen molar-refractivity contribution < 1.29 is 5.21 Å². The summed E-state index contributed by atoms with van der Waals surface area (Å²) in [6, 6.07) is 3.98. The van der Waals surface area contributed by atoms with Crippen LogP contribution < -0.4 is 0 Å². The summed E-state index contributed by atoms with van der Waals surface area (Å²) in [5, 5.41) is 12.4. The van der Waals surface area contributed by atoms with E-state index >= 15 is 0 Å². The van der Waals surface area contributed by atoms with Crippen LogP contribution in [-0.2, 0) is 12.8 Å². The van der Waals surface area contributed by atoms with Crippen molar-refractivity contribution in [1.82, 2.24) is 9.97 Å². The molecule has 5 heteroatoms. The minimum Gasteiger partial charge on any atom is -0.411 e. The highest BCUT2D eigenvalue weighted by Crippen LogP contribution is 2.13. The Labute approximate surface area is 97.3 Å². The van der Waals surface area contributed by atoms with E-state index in [1.54, 1.807) is 12.4 Å². The van der Waals surface area contributed by atoms with Crippen molar-refractivity contribution in [3.63, 3.8) is 0 Å². The topological polar surface area (TPSA) is 58.4 Å². The van der Waals surface area contributed by atoms with E-state index in [0.717, 1.165) is 22.7 Å². The minimum absolute atomic E-state index is 0.865. The molecule has 0 saturated heterocycles. The highest BCUT2D eigenvalue weighted by Gasteiger charge is 2.01. The van der Waals surface area contributed by atoms with Crippen LogP contribution in [0.25, 0.3) is 0 Å². The zero-order chi connectivity index (χ0) is 11.2. The molecule has 2 rings (SSSR count). The van der Waals surface area contributed by atoms with Crippen molar-refractivity contribution >= 4 is 17.6 Å². The third-order valence-electron chi connectivity index (χ3n) is 2.11. The van der Waals surface area contributed by atoms with E-state index < -0.39 is 0 Å². The second-order valence-electron chi connectivity index (χ2n) is 3.26. The monoisotopic (exact) mass is 233 g/mol. The van der Waals surface area contributed by atoms with Gasteiger partial charge in [0, 0.05) is 25.0 Å². The fraction of sp³-hybridized carbons (Fsp3) is 0.182. The summed E-state index contributed by atoms with van der Waals surface area (Å²) in [5.41, 5.74) is 1.20. The van der Waals surface area contributed by atoms with Crippen LogP contribution in [0.1, 0.15) is 15.4 Å². The van der Waals surface area contributed by atoms with Crippen molar-refractivity contribution in [2.75, 3.05) is 0 Å². The molecule has 0 atom stereocenters. The summed E-state index contributed by atoms with van der Waals surface area (Å²) in [7, 11) is 0. The number of thiazole rings is 1. The van der Waals surface area contributed by atoms with Crippen molar-refractivity contribution in [1.29, 1.82) is 0 Å². The van der Waals surface area contributed by atoms with E-state index in [4.69, 9.17) is 5.21 Å². The van der Waals surface area contributed by atoms with Crippen LogP contribution in [0.15, 0.2) is 35.9 Å². The molecule has 0 aliphatic heterocycles. The van der Waals surface area contributed by atoms with Crippen LogP contribution in [0.4, 0.5) is 0 Å². The van der Waals surface area contributed by atoms with E-state index in [9.17, 15) is 0 Å². The standard InChI is InChI=1S/C11H11N3OS/c15-14-8-10-7-13-11(16-10)4-3-9-2-1-5-12-6-9/h1-2,5-8,15H,3-4H2/b14-8-. The lowest BCUT2D eigenvalue weighted by molar-refractivity contribution is 0.322. The lowest BCUT2D eigenvalue weighted by atomic mass is 10.2. The van der Waals surface area contributed by atoms with Crippen LogP contribution in [0.3, 0.4) is 0 Å². The first-order valence-corrected chi connectivity index (χ1v) is 5.71. The van der Waals surface area contributed by atoms with Gasteiger partial charge in [-0.25, -0.2) is 4.98 Å². The molecular weight excluding hydrogens is 222 g/mol. The third kappa shape index (κ3) is 2.87. The number of rotatable bonds is 4. The van der Waals surface area contributed by atoms with Crippen LogP contribution in [0.2, 0.25) is 0 Å². The number of aryl methyl sites for hydroxylation is 2. The van der Waals surface area contributed by atoms with Gasteiger partial charge in [0.25, 0.3) is 0 Å². The highest BCUT2D eigenvalue weighted by atomic mass is 32.1. The lowest BCUT2D eigenvalue weighted by Crippen LogP contribution is -1.90. The van der Waals surface area contributed by atoms with Gasteiger partial charge in [-0.05, 0) is 18.1 Å². The Balaban J connectivity index is 1.94. The number of hydrogen-bond donors (Lipinski definition) is 1. The van der Waals surface area contributed by atoms with Gasteiger partial charge < -0.3 is 5.21 Å². The summed E-state index contributed by atoms with van der Waals surface area (Å²) in [4.78, 5) is 9.17. The molecular formula is C11H11N3OS. The van der Waals surface area contributed by atoms with Gasteiger partial charge in [-0.15, -0.1) is 11.3 Å². The predicted octanol–water partition coefficient (Wildman–Crippen LogP) is 2.13. The number of pyridine rings is 1. The zero-order valence-corrected chi connectivity index (χ0v) is 9.39. The number of aromatic nitrogens is 2. The summed E-state index contributed by atoms with van der Waals surface area (Å²) >= 11 is 1.54. The lowest BCUT2D eigenvalue weighted by Gasteiger charge is -1.96. The summed E-state index contributed by atoms with van der Waals surface area (Å²) in [6.45, 7) is 0. The van der Waals surface area contributed by atoms with Crippen molar-refractivity contribution in [2.24, 2.45) is 5.16 Å². The average Bonchev–Trinajstić information content (AvgIpc) is 2.76. The smallest absolute Gasteiger partial charge is 0.0935 e. The molecule has 0 fully saturated rings. The molecule has 4 nitrogen and oxygen atoms in total. The molecule has 2 heterocycles. The molecule has 0 radical (unpaired) electrons. The first kappa shape index (κ1) is 10.8. The van der Waals surface area contributed by atoms with Crippen molar-refractivity contribution in [3.8, 4) is 0 Å². The SMILES string of the molecule is O/N=C\c1cnc(CCc2cccnc2)s1. The Kier molecular flexibility index (Phi) is 3.61. The Hall–Kier alpha value is -1.75. The molecule has 16 heavy (non-hydrogen) atoms.